The van der Waals surface area contributed by atoms with E-state index in [-0.39, 0.29) is 6.04 Å². The fourth-order valence-electron chi connectivity index (χ4n) is 1.53. The highest BCUT2D eigenvalue weighted by Gasteiger charge is 2.12. The largest absolute Gasteiger partial charge is 0.478 e. The molecule has 0 aromatic carbocycles. The van der Waals surface area contributed by atoms with Gasteiger partial charge >= 0.3 is 5.97 Å². The van der Waals surface area contributed by atoms with Crippen LogP contribution in [0, 0.1) is 0 Å². The SMILES string of the molecule is CCC(C=C(C)C(=O)O)N(CC)CC. The molecule has 3 nitrogen and oxygen atoms in total. The van der Waals surface area contributed by atoms with Gasteiger partial charge in [0.2, 0.25) is 0 Å². The average molecular weight is 199 g/mol. The molecule has 0 amide bonds. The van der Waals surface area contributed by atoms with Crippen molar-refractivity contribution >= 4 is 5.97 Å². The molecule has 0 spiro atoms. The lowest BCUT2D eigenvalue weighted by Gasteiger charge is -2.26. The minimum absolute atomic E-state index is 0.251. The van der Waals surface area contributed by atoms with Crippen molar-refractivity contribution in [3.63, 3.8) is 0 Å². The van der Waals surface area contributed by atoms with Gasteiger partial charge in [-0.05, 0) is 26.4 Å². The lowest BCUT2D eigenvalue weighted by Crippen LogP contribution is -2.33. The molecule has 0 saturated carbocycles. The summed E-state index contributed by atoms with van der Waals surface area (Å²) < 4.78 is 0. The van der Waals surface area contributed by atoms with Crippen molar-refractivity contribution in [2.24, 2.45) is 0 Å². The topological polar surface area (TPSA) is 40.5 Å². The van der Waals surface area contributed by atoms with Gasteiger partial charge in [-0.15, -0.1) is 0 Å². The third-order valence-electron chi connectivity index (χ3n) is 2.48. The van der Waals surface area contributed by atoms with Crippen LogP contribution >= 0.6 is 0 Å². The summed E-state index contributed by atoms with van der Waals surface area (Å²) in [6.45, 7) is 9.83. The molecule has 0 bridgehead atoms. The highest BCUT2D eigenvalue weighted by atomic mass is 16.4. The Hall–Kier alpha value is -0.830. The van der Waals surface area contributed by atoms with Gasteiger partial charge in [0.25, 0.3) is 0 Å². The number of nitrogens with zero attached hydrogens (tertiary/aromatic N) is 1. The van der Waals surface area contributed by atoms with Crippen LogP contribution in [0.15, 0.2) is 11.6 Å². The third kappa shape index (κ3) is 3.92. The average Bonchev–Trinajstić information content (AvgIpc) is 2.17. The predicted octanol–water partition coefficient (Wildman–Crippen LogP) is 2.14. The quantitative estimate of drug-likeness (QED) is 0.666. The van der Waals surface area contributed by atoms with Crippen molar-refractivity contribution in [1.29, 1.82) is 0 Å². The van der Waals surface area contributed by atoms with E-state index in [1.807, 2.05) is 6.08 Å². The number of hydrogen-bond donors (Lipinski definition) is 1. The van der Waals surface area contributed by atoms with Gasteiger partial charge in [-0.3, -0.25) is 4.90 Å². The normalized spacial score (nSPS) is 14.5. The molecule has 0 rings (SSSR count). The summed E-state index contributed by atoms with van der Waals surface area (Å²) in [7, 11) is 0. The van der Waals surface area contributed by atoms with E-state index >= 15 is 0 Å². The number of aliphatic carboxylic acids is 1. The smallest absolute Gasteiger partial charge is 0.331 e. The number of hydrogen-bond acceptors (Lipinski definition) is 2. The molecular formula is C11H21NO2. The van der Waals surface area contributed by atoms with Crippen LogP contribution in [0.25, 0.3) is 0 Å². The molecule has 1 atom stereocenters. The van der Waals surface area contributed by atoms with Gasteiger partial charge in [0, 0.05) is 11.6 Å². The van der Waals surface area contributed by atoms with Crippen molar-refractivity contribution in [3.05, 3.63) is 11.6 Å². The summed E-state index contributed by atoms with van der Waals surface area (Å²) in [6, 6.07) is 0.251. The Morgan fingerprint density at radius 2 is 1.86 bits per heavy atom. The minimum atomic E-state index is -0.824. The van der Waals surface area contributed by atoms with Gasteiger partial charge in [0.05, 0.1) is 0 Å². The maximum Gasteiger partial charge on any atom is 0.331 e. The van der Waals surface area contributed by atoms with Crippen molar-refractivity contribution in [2.75, 3.05) is 13.1 Å². The van der Waals surface area contributed by atoms with E-state index in [1.54, 1.807) is 6.92 Å². The molecular weight excluding hydrogens is 178 g/mol. The van der Waals surface area contributed by atoms with Crippen LogP contribution in [0.1, 0.15) is 34.1 Å². The zero-order valence-corrected chi connectivity index (χ0v) is 9.58. The first-order chi connectivity index (χ1) is 6.56. The lowest BCUT2D eigenvalue weighted by molar-refractivity contribution is -0.132. The maximum atomic E-state index is 10.7. The molecule has 0 aromatic rings. The molecule has 1 unspecified atom stereocenters. The number of carboxylic acid groups (broad SMARTS) is 1. The molecule has 0 heterocycles. The fourth-order valence-corrected chi connectivity index (χ4v) is 1.53. The molecule has 0 aliphatic carbocycles. The van der Waals surface area contributed by atoms with E-state index in [2.05, 4.69) is 25.7 Å². The first kappa shape index (κ1) is 13.2. The molecule has 0 saturated heterocycles. The molecule has 0 aliphatic heterocycles. The fraction of sp³-hybridized carbons (Fsp3) is 0.727. The lowest BCUT2D eigenvalue weighted by atomic mass is 10.1. The van der Waals surface area contributed by atoms with E-state index < -0.39 is 5.97 Å². The van der Waals surface area contributed by atoms with Crippen molar-refractivity contribution in [3.8, 4) is 0 Å². The molecule has 82 valence electrons. The second-order valence-corrected chi connectivity index (χ2v) is 3.35. The summed E-state index contributed by atoms with van der Waals surface area (Å²) in [5.74, 6) is -0.824. The van der Waals surface area contributed by atoms with Crippen LogP contribution in [0.2, 0.25) is 0 Å². The molecule has 0 fully saturated rings. The van der Waals surface area contributed by atoms with Crippen molar-refractivity contribution in [1.82, 2.24) is 4.90 Å². The van der Waals surface area contributed by atoms with E-state index in [1.165, 1.54) is 0 Å². The Kier molecular flexibility index (Phi) is 6.21. The van der Waals surface area contributed by atoms with E-state index in [0.29, 0.717) is 5.57 Å². The summed E-state index contributed by atoms with van der Waals surface area (Å²) in [6.07, 6.45) is 2.79. The highest BCUT2D eigenvalue weighted by Crippen LogP contribution is 2.08. The molecule has 1 N–H and O–H groups in total. The van der Waals surface area contributed by atoms with Gasteiger partial charge in [-0.1, -0.05) is 26.8 Å². The van der Waals surface area contributed by atoms with E-state index in [0.717, 1.165) is 19.5 Å². The van der Waals surface area contributed by atoms with Crippen LogP contribution in [-0.4, -0.2) is 35.1 Å². The molecule has 0 aliphatic rings. The van der Waals surface area contributed by atoms with Gasteiger partial charge < -0.3 is 5.11 Å². The number of carbonyl (C=O) groups is 1. The Morgan fingerprint density at radius 1 is 1.36 bits per heavy atom. The van der Waals surface area contributed by atoms with Crippen LogP contribution in [0.3, 0.4) is 0 Å². The van der Waals surface area contributed by atoms with Crippen LogP contribution in [0.4, 0.5) is 0 Å². The zero-order chi connectivity index (χ0) is 11.1. The minimum Gasteiger partial charge on any atom is -0.478 e. The Bertz CT molecular complexity index is 207. The molecule has 0 aromatic heterocycles. The molecule has 14 heavy (non-hydrogen) atoms. The first-order valence-electron chi connectivity index (χ1n) is 5.22. The Labute approximate surface area is 86.4 Å². The van der Waals surface area contributed by atoms with Crippen molar-refractivity contribution < 1.29 is 9.90 Å². The number of likely N-dealkylation sites (N-methyl/N-ethyl adjacent to an activating group) is 1. The van der Waals surface area contributed by atoms with Gasteiger partial charge in [-0.2, -0.15) is 0 Å². The number of rotatable bonds is 6. The maximum absolute atomic E-state index is 10.7. The summed E-state index contributed by atoms with van der Waals surface area (Å²) in [4.78, 5) is 12.9. The summed E-state index contributed by atoms with van der Waals surface area (Å²) >= 11 is 0. The first-order valence-corrected chi connectivity index (χ1v) is 5.22. The Balaban J connectivity index is 4.55. The zero-order valence-electron chi connectivity index (χ0n) is 9.58. The predicted molar refractivity (Wildman–Crippen MR) is 58.4 cm³/mol. The monoisotopic (exact) mass is 199 g/mol. The third-order valence-corrected chi connectivity index (χ3v) is 2.48. The van der Waals surface area contributed by atoms with Crippen LogP contribution in [0.5, 0.6) is 0 Å². The van der Waals surface area contributed by atoms with Crippen LogP contribution < -0.4 is 0 Å². The van der Waals surface area contributed by atoms with Crippen LogP contribution in [-0.2, 0) is 4.79 Å². The Morgan fingerprint density at radius 3 is 2.14 bits per heavy atom. The van der Waals surface area contributed by atoms with Gasteiger partial charge in [0.15, 0.2) is 0 Å². The van der Waals surface area contributed by atoms with Crippen molar-refractivity contribution in [2.45, 2.75) is 40.2 Å². The second kappa shape index (κ2) is 6.60. The standard InChI is InChI=1S/C11H21NO2/c1-5-10(12(6-2)7-3)8-9(4)11(13)14/h8,10H,5-7H2,1-4H3,(H,13,14). The van der Waals surface area contributed by atoms with E-state index in [9.17, 15) is 4.79 Å². The number of carboxylic acids is 1. The molecule has 3 heteroatoms. The van der Waals surface area contributed by atoms with E-state index in [4.69, 9.17) is 5.11 Å². The second-order valence-electron chi connectivity index (χ2n) is 3.35. The highest BCUT2D eigenvalue weighted by molar-refractivity contribution is 5.85. The molecule has 0 radical (unpaired) electrons. The summed E-state index contributed by atoms with van der Waals surface area (Å²) in [5, 5.41) is 8.77. The summed E-state index contributed by atoms with van der Waals surface area (Å²) in [5.41, 5.74) is 0.434. The van der Waals surface area contributed by atoms with Gasteiger partial charge in [0.1, 0.15) is 0 Å². The van der Waals surface area contributed by atoms with Gasteiger partial charge in [-0.25, -0.2) is 4.79 Å².